The fraction of sp³-hybridized carbons (Fsp3) is 0.368. The zero-order valence-corrected chi connectivity index (χ0v) is 16.4. The van der Waals surface area contributed by atoms with Crippen LogP contribution < -0.4 is 4.74 Å². The number of hydrogen-bond acceptors (Lipinski definition) is 3. The van der Waals surface area contributed by atoms with Gasteiger partial charge in [0.15, 0.2) is 0 Å². The second kappa shape index (κ2) is 8.54. The highest BCUT2D eigenvalue weighted by Gasteiger charge is 2.15. The Labute approximate surface area is 158 Å². The van der Waals surface area contributed by atoms with Crippen molar-refractivity contribution in [1.29, 1.82) is 0 Å². The molecule has 4 nitrogen and oxygen atoms in total. The van der Waals surface area contributed by atoms with E-state index in [-0.39, 0.29) is 5.91 Å². The second-order valence-corrected chi connectivity index (χ2v) is 6.79. The number of halogens is 2. The Bertz CT molecular complexity index is 778. The molecule has 0 atom stereocenters. The molecule has 2 rings (SSSR count). The van der Waals surface area contributed by atoms with Crippen molar-refractivity contribution in [3.63, 3.8) is 0 Å². The molecular weight excluding hydrogens is 359 g/mol. The van der Waals surface area contributed by atoms with Crippen LogP contribution in [0.15, 0.2) is 24.4 Å². The molecule has 0 aliphatic rings. The molecule has 6 heteroatoms. The monoisotopic (exact) mass is 380 g/mol. The van der Waals surface area contributed by atoms with Gasteiger partial charge in [0.1, 0.15) is 5.75 Å². The average Bonchev–Trinajstić information content (AvgIpc) is 2.58. The van der Waals surface area contributed by atoms with E-state index in [0.29, 0.717) is 29.4 Å². The maximum atomic E-state index is 12.4. The van der Waals surface area contributed by atoms with Gasteiger partial charge in [0.05, 0.1) is 29.4 Å². The quantitative estimate of drug-likeness (QED) is 0.734. The molecule has 1 aromatic carbocycles. The molecule has 0 unspecified atom stereocenters. The molecular formula is C19H22Cl2N2O2. The number of benzene rings is 1. The molecule has 1 amide bonds. The van der Waals surface area contributed by atoms with Crippen LogP contribution in [0.25, 0.3) is 0 Å². The molecule has 0 radical (unpaired) electrons. The van der Waals surface area contributed by atoms with E-state index in [1.54, 1.807) is 31.3 Å². The van der Waals surface area contributed by atoms with Gasteiger partial charge in [-0.1, -0.05) is 35.3 Å². The van der Waals surface area contributed by atoms with E-state index in [1.807, 2.05) is 26.0 Å². The summed E-state index contributed by atoms with van der Waals surface area (Å²) in [6, 6.07) is 5.46. The van der Waals surface area contributed by atoms with Crippen molar-refractivity contribution in [3.05, 3.63) is 56.8 Å². The van der Waals surface area contributed by atoms with Crippen molar-refractivity contribution in [2.45, 2.75) is 33.2 Å². The number of aryl methyl sites for hydroxylation is 2. The van der Waals surface area contributed by atoms with E-state index < -0.39 is 0 Å². The predicted molar refractivity (Wildman–Crippen MR) is 102 cm³/mol. The number of hydrogen-bond donors (Lipinski definition) is 0. The maximum absolute atomic E-state index is 12.4. The molecule has 2 aromatic rings. The van der Waals surface area contributed by atoms with Crippen LogP contribution in [0.3, 0.4) is 0 Å². The van der Waals surface area contributed by atoms with E-state index in [4.69, 9.17) is 27.9 Å². The average molecular weight is 381 g/mol. The maximum Gasteiger partial charge on any atom is 0.222 e. The van der Waals surface area contributed by atoms with Crippen LogP contribution in [-0.2, 0) is 17.8 Å². The van der Waals surface area contributed by atoms with Crippen LogP contribution in [-0.4, -0.2) is 29.9 Å². The van der Waals surface area contributed by atoms with Crippen LogP contribution in [0.2, 0.25) is 10.0 Å². The van der Waals surface area contributed by atoms with Crippen LogP contribution >= 0.6 is 23.2 Å². The van der Waals surface area contributed by atoms with Crippen molar-refractivity contribution < 1.29 is 9.53 Å². The first kappa shape index (κ1) is 19.5. The summed E-state index contributed by atoms with van der Waals surface area (Å²) in [5.41, 5.74) is 3.65. The van der Waals surface area contributed by atoms with Gasteiger partial charge in [-0.05, 0) is 31.9 Å². The summed E-state index contributed by atoms with van der Waals surface area (Å²) >= 11 is 12.2. The Morgan fingerprint density at radius 2 is 2.00 bits per heavy atom. The van der Waals surface area contributed by atoms with Crippen molar-refractivity contribution in [2.75, 3.05) is 14.2 Å². The topological polar surface area (TPSA) is 42.4 Å². The second-order valence-electron chi connectivity index (χ2n) is 6.01. The lowest BCUT2D eigenvalue weighted by molar-refractivity contribution is -0.130. The lowest BCUT2D eigenvalue weighted by Crippen LogP contribution is -2.27. The summed E-state index contributed by atoms with van der Waals surface area (Å²) in [5, 5.41) is 1.02. The van der Waals surface area contributed by atoms with Crippen molar-refractivity contribution in [3.8, 4) is 5.75 Å². The number of aromatic nitrogens is 1. The third-order valence-electron chi connectivity index (χ3n) is 4.20. The highest BCUT2D eigenvalue weighted by molar-refractivity contribution is 6.42. The molecule has 0 aliphatic carbocycles. The predicted octanol–water partition coefficient (Wildman–Crippen LogP) is 4.61. The van der Waals surface area contributed by atoms with E-state index in [9.17, 15) is 4.79 Å². The summed E-state index contributed by atoms with van der Waals surface area (Å²) < 4.78 is 5.42. The number of nitrogens with zero attached hydrogens (tertiary/aromatic N) is 2. The van der Waals surface area contributed by atoms with E-state index in [2.05, 4.69) is 4.98 Å². The summed E-state index contributed by atoms with van der Waals surface area (Å²) in [4.78, 5) is 18.6. The van der Waals surface area contributed by atoms with Crippen molar-refractivity contribution >= 4 is 29.1 Å². The summed E-state index contributed by atoms with van der Waals surface area (Å²) in [6.45, 7) is 4.34. The van der Waals surface area contributed by atoms with Gasteiger partial charge in [0, 0.05) is 30.8 Å². The first-order chi connectivity index (χ1) is 11.8. The molecule has 0 aliphatic heterocycles. The Morgan fingerprint density at radius 3 is 2.68 bits per heavy atom. The number of pyridine rings is 1. The number of amides is 1. The molecule has 1 aromatic heterocycles. The number of rotatable bonds is 6. The van der Waals surface area contributed by atoms with Gasteiger partial charge in [0.25, 0.3) is 0 Å². The first-order valence-electron chi connectivity index (χ1n) is 8.01. The molecule has 0 N–H and O–H groups in total. The minimum Gasteiger partial charge on any atom is -0.496 e. The van der Waals surface area contributed by atoms with Gasteiger partial charge in [-0.15, -0.1) is 0 Å². The fourth-order valence-electron chi connectivity index (χ4n) is 2.72. The third kappa shape index (κ3) is 4.65. The summed E-state index contributed by atoms with van der Waals surface area (Å²) in [5.74, 6) is 0.841. The lowest BCUT2D eigenvalue weighted by atomic mass is 10.1. The molecule has 0 spiro atoms. The number of carbonyl (C=O) groups is 1. The third-order valence-corrected chi connectivity index (χ3v) is 5.06. The van der Waals surface area contributed by atoms with Crippen LogP contribution in [0, 0.1) is 13.8 Å². The highest BCUT2D eigenvalue weighted by atomic mass is 35.5. The van der Waals surface area contributed by atoms with Gasteiger partial charge in [-0.3, -0.25) is 9.78 Å². The SMILES string of the molecule is COc1c(C)cnc(CN(C)C(=O)CCc2cccc(Cl)c2Cl)c1C. The number of ether oxygens (including phenoxy) is 1. The molecule has 0 fully saturated rings. The van der Waals surface area contributed by atoms with Gasteiger partial charge in [0.2, 0.25) is 5.91 Å². The Morgan fingerprint density at radius 1 is 1.28 bits per heavy atom. The van der Waals surface area contributed by atoms with Gasteiger partial charge < -0.3 is 9.64 Å². The van der Waals surface area contributed by atoms with Crippen molar-refractivity contribution in [1.82, 2.24) is 9.88 Å². The lowest BCUT2D eigenvalue weighted by Gasteiger charge is -2.19. The Balaban J connectivity index is 2.02. The Hall–Kier alpha value is -1.78. The minimum atomic E-state index is 0.0248. The van der Waals surface area contributed by atoms with Gasteiger partial charge >= 0.3 is 0 Å². The normalized spacial score (nSPS) is 10.6. The van der Waals surface area contributed by atoms with Crippen molar-refractivity contribution in [2.24, 2.45) is 0 Å². The standard InChI is InChI=1S/C19H22Cl2N2O2/c1-12-10-22-16(13(2)19(12)25-4)11-23(3)17(24)9-8-14-6-5-7-15(20)18(14)21/h5-7,10H,8-9,11H2,1-4H3. The molecule has 0 saturated heterocycles. The number of methoxy groups -OCH3 is 1. The fourth-order valence-corrected chi connectivity index (χ4v) is 3.13. The van der Waals surface area contributed by atoms with Crippen LogP contribution in [0.4, 0.5) is 0 Å². The molecule has 134 valence electrons. The van der Waals surface area contributed by atoms with Crippen LogP contribution in [0.5, 0.6) is 5.75 Å². The largest absolute Gasteiger partial charge is 0.496 e. The zero-order chi connectivity index (χ0) is 18.6. The molecule has 1 heterocycles. The van der Waals surface area contributed by atoms with Gasteiger partial charge in [-0.2, -0.15) is 0 Å². The minimum absolute atomic E-state index is 0.0248. The summed E-state index contributed by atoms with van der Waals surface area (Å²) in [7, 11) is 3.41. The zero-order valence-electron chi connectivity index (χ0n) is 14.9. The Kier molecular flexibility index (Phi) is 6.68. The molecule has 0 bridgehead atoms. The molecule has 0 saturated carbocycles. The van der Waals surface area contributed by atoms with Crippen LogP contribution in [0.1, 0.15) is 28.8 Å². The molecule has 25 heavy (non-hydrogen) atoms. The van der Waals surface area contributed by atoms with E-state index in [1.165, 1.54) is 0 Å². The smallest absolute Gasteiger partial charge is 0.222 e. The van der Waals surface area contributed by atoms with E-state index >= 15 is 0 Å². The van der Waals surface area contributed by atoms with E-state index in [0.717, 1.165) is 28.1 Å². The summed E-state index contributed by atoms with van der Waals surface area (Å²) in [6.07, 6.45) is 2.68. The van der Waals surface area contributed by atoms with Gasteiger partial charge in [-0.25, -0.2) is 0 Å². The highest BCUT2D eigenvalue weighted by Crippen LogP contribution is 2.27. The first-order valence-corrected chi connectivity index (χ1v) is 8.76. The number of carbonyl (C=O) groups excluding carboxylic acids is 1.